The molecule has 0 aliphatic carbocycles. The van der Waals surface area contributed by atoms with Gasteiger partial charge in [-0.2, -0.15) is 13.2 Å². The lowest BCUT2D eigenvalue weighted by atomic mass is 9.99. The number of hydrogen-bond acceptors (Lipinski definition) is 1. The molecule has 0 aliphatic heterocycles. The molecular formula is C14H19ClF3N. The molecular weight excluding hydrogens is 275 g/mol. The van der Waals surface area contributed by atoms with Crippen LogP contribution in [0.15, 0.2) is 18.2 Å². The maximum Gasteiger partial charge on any atom is 0.389 e. The van der Waals surface area contributed by atoms with Crippen LogP contribution in [-0.4, -0.2) is 12.7 Å². The fourth-order valence-corrected chi connectivity index (χ4v) is 2.32. The second-order valence-corrected chi connectivity index (χ2v) is 4.97. The summed E-state index contributed by atoms with van der Waals surface area (Å²) in [6.07, 6.45) is -4.31. The molecule has 0 fully saturated rings. The van der Waals surface area contributed by atoms with E-state index in [4.69, 9.17) is 11.6 Å². The molecule has 1 atom stereocenters. The number of rotatable bonds is 6. The van der Waals surface area contributed by atoms with Gasteiger partial charge in [0.1, 0.15) is 0 Å². The lowest BCUT2D eigenvalue weighted by molar-refractivity contribution is -0.135. The minimum absolute atomic E-state index is 0.103. The summed E-state index contributed by atoms with van der Waals surface area (Å²) in [7, 11) is 0. The van der Waals surface area contributed by atoms with Crippen molar-refractivity contribution in [2.75, 3.05) is 6.54 Å². The average Bonchev–Trinajstić information content (AvgIpc) is 2.30. The summed E-state index contributed by atoms with van der Waals surface area (Å²) >= 11 is 6.23. The third-order valence-corrected chi connectivity index (χ3v) is 3.52. The van der Waals surface area contributed by atoms with Crippen molar-refractivity contribution >= 4 is 11.6 Å². The highest BCUT2D eigenvalue weighted by Crippen LogP contribution is 2.31. The van der Waals surface area contributed by atoms with E-state index in [-0.39, 0.29) is 12.5 Å². The normalized spacial score (nSPS) is 13.6. The van der Waals surface area contributed by atoms with Crippen LogP contribution >= 0.6 is 11.6 Å². The summed E-state index contributed by atoms with van der Waals surface area (Å²) in [5.74, 6) is 0. The Morgan fingerprint density at radius 2 is 2.00 bits per heavy atom. The van der Waals surface area contributed by atoms with Crippen LogP contribution in [0.5, 0.6) is 0 Å². The van der Waals surface area contributed by atoms with Crippen LogP contribution in [0.4, 0.5) is 13.2 Å². The molecule has 5 heteroatoms. The Morgan fingerprint density at radius 1 is 1.32 bits per heavy atom. The molecule has 0 saturated carbocycles. The number of halogens is 4. The lowest BCUT2D eigenvalue weighted by Gasteiger charge is -2.20. The van der Waals surface area contributed by atoms with Crippen LogP contribution in [-0.2, 0) is 0 Å². The maximum atomic E-state index is 12.2. The highest BCUT2D eigenvalue weighted by Gasteiger charge is 2.27. The van der Waals surface area contributed by atoms with E-state index in [9.17, 15) is 13.2 Å². The molecule has 1 aromatic rings. The lowest BCUT2D eigenvalue weighted by Crippen LogP contribution is -2.22. The summed E-state index contributed by atoms with van der Waals surface area (Å²) in [5, 5.41) is 3.84. The molecule has 0 heterocycles. The van der Waals surface area contributed by atoms with E-state index in [1.165, 1.54) is 0 Å². The zero-order chi connectivity index (χ0) is 14.5. The minimum atomic E-state index is -4.09. The summed E-state index contributed by atoms with van der Waals surface area (Å²) < 4.78 is 36.6. The largest absolute Gasteiger partial charge is 0.389 e. The number of alkyl halides is 3. The van der Waals surface area contributed by atoms with Crippen LogP contribution in [0, 0.1) is 6.92 Å². The zero-order valence-corrected chi connectivity index (χ0v) is 11.9. The molecule has 0 spiro atoms. The van der Waals surface area contributed by atoms with Crippen LogP contribution in [0.25, 0.3) is 0 Å². The average molecular weight is 294 g/mol. The van der Waals surface area contributed by atoms with Crippen LogP contribution in [0.1, 0.15) is 43.4 Å². The summed E-state index contributed by atoms with van der Waals surface area (Å²) in [6, 6.07) is 5.52. The van der Waals surface area contributed by atoms with Crippen molar-refractivity contribution in [1.82, 2.24) is 5.32 Å². The molecule has 1 aromatic carbocycles. The monoisotopic (exact) mass is 293 g/mol. The van der Waals surface area contributed by atoms with Crippen molar-refractivity contribution in [2.24, 2.45) is 0 Å². The topological polar surface area (TPSA) is 12.0 Å². The summed E-state index contributed by atoms with van der Waals surface area (Å²) in [5.41, 5.74) is 1.82. The van der Waals surface area contributed by atoms with Gasteiger partial charge in [0.2, 0.25) is 0 Å². The second-order valence-electron chi connectivity index (χ2n) is 4.60. The van der Waals surface area contributed by atoms with Gasteiger partial charge in [-0.15, -0.1) is 0 Å². The predicted molar refractivity (Wildman–Crippen MR) is 72.5 cm³/mol. The van der Waals surface area contributed by atoms with Crippen molar-refractivity contribution < 1.29 is 13.2 Å². The van der Waals surface area contributed by atoms with Crippen molar-refractivity contribution in [3.8, 4) is 0 Å². The van der Waals surface area contributed by atoms with Gasteiger partial charge in [-0.05, 0) is 37.4 Å². The first-order valence-electron chi connectivity index (χ1n) is 6.40. The van der Waals surface area contributed by atoms with E-state index in [2.05, 4.69) is 5.32 Å². The first-order chi connectivity index (χ1) is 8.85. The Hall–Kier alpha value is -0.740. The molecule has 1 rings (SSSR count). The Bertz CT molecular complexity index is 404. The fraction of sp³-hybridized carbons (Fsp3) is 0.571. The Labute approximate surface area is 117 Å². The van der Waals surface area contributed by atoms with Gasteiger partial charge in [-0.25, -0.2) is 0 Å². The van der Waals surface area contributed by atoms with E-state index in [0.717, 1.165) is 11.1 Å². The predicted octanol–water partition coefficient (Wildman–Crippen LogP) is 5.03. The van der Waals surface area contributed by atoms with Gasteiger partial charge in [-0.1, -0.05) is 36.7 Å². The third kappa shape index (κ3) is 5.41. The second kappa shape index (κ2) is 7.15. The van der Waals surface area contributed by atoms with Crippen molar-refractivity contribution in [3.05, 3.63) is 34.3 Å². The van der Waals surface area contributed by atoms with Crippen LogP contribution < -0.4 is 5.32 Å². The first-order valence-corrected chi connectivity index (χ1v) is 6.78. The molecule has 0 saturated heterocycles. The molecule has 0 aromatic heterocycles. The Morgan fingerprint density at radius 3 is 2.58 bits per heavy atom. The van der Waals surface area contributed by atoms with E-state index in [1.807, 2.05) is 32.0 Å². The molecule has 19 heavy (non-hydrogen) atoms. The zero-order valence-electron chi connectivity index (χ0n) is 11.1. The standard InChI is InChI=1S/C14H19ClF3N/c1-3-19-12(8-5-9-14(16,17)18)11-7-4-6-10(2)13(11)15/h4,6-7,12,19H,3,5,8-9H2,1-2H3. The van der Waals surface area contributed by atoms with Crippen LogP contribution in [0.3, 0.4) is 0 Å². The number of benzene rings is 1. The summed E-state index contributed by atoms with van der Waals surface area (Å²) in [6.45, 7) is 4.52. The Kier molecular flexibility index (Phi) is 6.14. The summed E-state index contributed by atoms with van der Waals surface area (Å²) in [4.78, 5) is 0. The Balaban J connectivity index is 2.74. The molecule has 0 amide bonds. The van der Waals surface area contributed by atoms with E-state index < -0.39 is 12.6 Å². The quantitative estimate of drug-likeness (QED) is 0.775. The minimum Gasteiger partial charge on any atom is -0.310 e. The number of nitrogens with one attached hydrogen (secondary N) is 1. The van der Waals surface area contributed by atoms with Gasteiger partial charge in [0.15, 0.2) is 0 Å². The van der Waals surface area contributed by atoms with Crippen molar-refractivity contribution in [1.29, 1.82) is 0 Å². The molecule has 0 aliphatic rings. The molecule has 1 nitrogen and oxygen atoms in total. The smallest absolute Gasteiger partial charge is 0.310 e. The van der Waals surface area contributed by atoms with Gasteiger partial charge in [0.05, 0.1) is 0 Å². The molecule has 0 radical (unpaired) electrons. The van der Waals surface area contributed by atoms with Gasteiger partial charge >= 0.3 is 6.18 Å². The molecule has 0 bridgehead atoms. The first kappa shape index (κ1) is 16.3. The number of aryl methyl sites for hydroxylation is 1. The van der Waals surface area contributed by atoms with Crippen molar-refractivity contribution in [3.63, 3.8) is 0 Å². The maximum absolute atomic E-state index is 12.2. The SMILES string of the molecule is CCNC(CCCC(F)(F)F)c1cccc(C)c1Cl. The fourth-order valence-electron chi connectivity index (χ4n) is 2.06. The molecule has 108 valence electrons. The van der Waals surface area contributed by atoms with Gasteiger partial charge in [0, 0.05) is 17.5 Å². The molecule has 1 N–H and O–H groups in total. The van der Waals surface area contributed by atoms with Gasteiger partial charge in [-0.3, -0.25) is 0 Å². The highest BCUT2D eigenvalue weighted by atomic mass is 35.5. The van der Waals surface area contributed by atoms with Crippen molar-refractivity contribution in [2.45, 2.75) is 45.3 Å². The van der Waals surface area contributed by atoms with E-state index >= 15 is 0 Å². The van der Waals surface area contributed by atoms with Gasteiger partial charge in [0.25, 0.3) is 0 Å². The molecule has 1 unspecified atom stereocenters. The van der Waals surface area contributed by atoms with E-state index in [0.29, 0.717) is 18.0 Å². The van der Waals surface area contributed by atoms with Gasteiger partial charge < -0.3 is 5.32 Å². The van der Waals surface area contributed by atoms with E-state index in [1.54, 1.807) is 0 Å². The van der Waals surface area contributed by atoms with Crippen LogP contribution in [0.2, 0.25) is 5.02 Å². The highest BCUT2D eigenvalue weighted by molar-refractivity contribution is 6.32. The third-order valence-electron chi connectivity index (χ3n) is 3.00. The number of hydrogen-bond donors (Lipinski definition) is 1.